The minimum Gasteiger partial charge on any atom is -0.497 e. The van der Waals surface area contributed by atoms with Crippen LogP contribution >= 0.6 is 11.3 Å². The number of methoxy groups -OCH3 is 2. The average molecular weight is 366 g/mol. The maximum absolute atomic E-state index is 12.9. The fourth-order valence-corrected chi connectivity index (χ4v) is 3.77. The smallest absolute Gasteiger partial charge is 0.310 e. The van der Waals surface area contributed by atoms with E-state index in [2.05, 4.69) is 0 Å². The Morgan fingerprint density at radius 2 is 1.65 bits per heavy atom. The van der Waals surface area contributed by atoms with Crippen molar-refractivity contribution in [1.29, 1.82) is 0 Å². The zero-order chi connectivity index (χ0) is 18.5. The van der Waals surface area contributed by atoms with E-state index in [9.17, 15) is 9.59 Å². The molecule has 132 valence electrons. The van der Waals surface area contributed by atoms with Crippen LogP contribution < -0.4 is 4.74 Å². The first-order valence-electron chi connectivity index (χ1n) is 8.06. The molecule has 1 heterocycles. The molecule has 0 fully saturated rings. The summed E-state index contributed by atoms with van der Waals surface area (Å²) in [4.78, 5) is 26.1. The van der Waals surface area contributed by atoms with Gasteiger partial charge in [-0.15, -0.1) is 11.3 Å². The monoisotopic (exact) mass is 366 g/mol. The van der Waals surface area contributed by atoms with Gasteiger partial charge in [-0.25, -0.2) is 0 Å². The SMILES string of the molecule is COC(=O)Cc1cc(C(=O)c2ccc(OC)cc2)sc1-c1ccccc1. The first-order valence-corrected chi connectivity index (χ1v) is 8.87. The van der Waals surface area contributed by atoms with E-state index < -0.39 is 0 Å². The summed E-state index contributed by atoms with van der Waals surface area (Å²) < 4.78 is 9.92. The van der Waals surface area contributed by atoms with E-state index in [0.29, 0.717) is 16.2 Å². The van der Waals surface area contributed by atoms with Crippen LogP contribution in [0.25, 0.3) is 10.4 Å². The maximum atomic E-state index is 12.9. The summed E-state index contributed by atoms with van der Waals surface area (Å²) in [7, 11) is 2.95. The number of thiophene rings is 1. The summed E-state index contributed by atoms with van der Waals surface area (Å²) >= 11 is 1.39. The lowest BCUT2D eigenvalue weighted by Gasteiger charge is -2.02. The van der Waals surface area contributed by atoms with Crippen LogP contribution in [0.1, 0.15) is 20.8 Å². The Balaban J connectivity index is 1.99. The summed E-state index contributed by atoms with van der Waals surface area (Å²) in [6.07, 6.45) is 0.132. The zero-order valence-corrected chi connectivity index (χ0v) is 15.3. The zero-order valence-electron chi connectivity index (χ0n) is 14.5. The topological polar surface area (TPSA) is 52.6 Å². The molecule has 2 aromatic carbocycles. The van der Waals surface area contributed by atoms with Gasteiger partial charge < -0.3 is 9.47 Å². The Morgan fingerprint density at radius 1 is 0.962 bits per heavy atom. The van der Waals surface area contributed by atoms with Crippen molar-refractivity contribution >= 4 is 23.1 Å². The summed E-state index contributed by atoms with van der Waals surface area (Å²) in [5.74, 6) is 0.290. The second-order valence-corrected chi connectivity index (χ2v) is 6.69. The van der Waals surface area contributed by atoms with Crippen molar-refractivity contribution in [2.75, 3.05) is 14.2 Å². The maximum Gasteiger partial charge on any atom is 0.310 e. The quantitative estimate of drug-likeness (QED) is 0.480. The Morgan fingerprint density at radius 3 is 2.27 bits per heavy atom. The predicted molar refractivity (Wildman–Crippen MR) is 102 cm³/mol. The number of hydrogen-bond acceptors (Lipinski definition) is 5. The molecule has 0 saturated heterocycles. The van der Waals surface area contributed by atoms with Crippen LogP contribution in [0.3, 0.4) is 0 Å². The van der Waals surface area contributed by atoms with Crippen molar-refractivity contribution in [3.63, 3.8) is 0 Å². The molecule has 0 saturated carbocycles. The molecule has 0 aliphatic carbocycles. The highest BCUT2D eigenvalue weighted by molar-refractivity contribution is 7.17. The third-order valence-electron chi connectivity index (χ3n) is 3.98. The molecule has 0 aliphatic heterocycles. The molecular weight excluding hydrogens is 348 g/mol. The van der Waals surface area contributed by atoms with Crippen molar-refractivity contribution in [3.05, 3.63) is 76.7 Å². The fraction of sp³-hybridized carbons (Fsp3) is 0.143. The van der Waals surface area contributed by atoms with E-state index in [4.69, 9.17) is 9.47 Å². The summed E-state index contributed by atoms with van der Waals surface area (Å²) in [6.45, 7) is 0. The van der Waals surface area contributed by atoms with E-state index in [1.807, 2.05) is 30.3 Å². The van der Waals surface area contributed by atoms with Crippen LogP contribution in [-0.2, 0) is 16.0 Å². The molecule has 0 unspecified atom stereocenters. The average Bonchev–Trinajstić information content (AvgIpc) is 3.11. The van der Waals surface area contributed by atoms with E-state index in [1.165, 1.54) is 18.4 Å². The molecule has 3 rings (SSSR count). The number of hydrogen-bond donors (Lipinski definition) is 0. The van der Waals surface area contributed by atoms with Crippen LogP contribution in [0, 0.1) is 0 Å². The lowest BCUT2D eigenvalue weighted by atomic mass is 10.0. The van der Waals surface area contributed by atoms with Crippen molar-refractivity contribution in [1.82, 2.24) is 0 Å². The minimum atomic E-state index is -0.330. The summed E-state index contributed by atoms with van der Waals surface area (Å²) in [6, 6.07) is 18.5. The lowest BCUT2D eigenvalue weighted by molar-refractivity contribution is -0.139. The first-order chi connectivity index (χ1) is 12.6. The number of ketones is 1. The molecule has 26 heavy (non-hydrogen) atoms. The Labute approximate surface area is 156 Å². The van der Waals surface area contributed by atoms with Gasteiger partial charge in [0.2, 0.25) is 5.78 Å². The highest BCUT2D eigenvalue weighted by Crippen LogP contribution is 2.34. The molecule has 5 heteroatoms. The van der Waals surface area contributed by atoms with E-state index in [1.54, 1.807) is 37.4 Å². The molecule has 0 radical (unpaired) electrons. The second-order valence-electron chi connectivity index (χ2n) is 5.64. The molecular formula is C21H18O4S. The molecule has 3 aromatic rings. The van der Waals surface area contributed by atoms with Crippen LogP contribution in [0.15, 0.2) is 60.7 Å². The van der Waals surface area contributed by atoms with Gasteiger partial charge in [-0.1, -0.05) is 30.3 Å². The highest BCUT2D eigenvalue weighted by Gasteiger charge is 2.19. The van der Waals surface area contributed by atoms with Crippen LogP contribution in [0.4, 0.5) is 0 Å². The predicted octanol–water partition coefficient (Wildman–Crippen LogP) is 4.37. The van der Waals surface area contributed by atoms with Gasteiger partial charge >= 0.3 is 5.97 Å². The molecule has 0 atom stereocenters. The van der Waals surface area contributed by atoms with Gasteiger partial charge in [0.15, 0.2) is 0 Å². The molecule has 4 nitrogen and oxygen atoms in total. The normalized spacial score (nSPS) is 10.4. The second kappa shape index (κ2) is 7.97. The molecule has 0 aliphatic rings. The lowest BCUT2D eigenvalue weighted by Crippen LogP contribution is -2.04. The van der Waals surface area contributed by atoms with Gasteiger partial charge in [-0.05, 0) is 41.5 Å². The van der Waals surface area contributed by atoms with Crippen molar-refractivity contribution in [2.45, 2.75) is 6.42 Å². The van der Waals surface area contributed by atoms with E-state index >= 15 is 0 Å². The van der Waals surface area contributed by atoms with Gasteiger partial charge in [0, 0.05) is 10.4 Å². The Hall–Kier alpha value is -2.92. The number of ether oxygens (including phenoxy) is 2. The van der Waals surface area contributed by atoms with Crippen molar-refractivity contribution in [3.8, 4) is 16.2 Å². The molecule has 0 bridgehead atoms. The van der Waals surface area contributed by atoms with E-state index in [0.717, 1.165) is 16.0 Å². The third kappa shape index (κ3) is 3.83. The number of esters is 1. The Bertz CT molecular complexity index is 911. The molecule has 0 N–H and O–H groups in total. The van der Waals surface area contributed by atoms with Crippen LogP contribution in [0.5, 0.6) is 5.75 Å². The van der Waals surface area contributed by atoms with Gasteiger partial charge in [-0.2, -0.15) is 0 Å². The molecule has 0 spiro atoms. The molecule has 0 amide bonds. The van der Waals surface area contributed by atoms with Gasteiger partial charge in [-0.3, -0.25) is 9.59 Å². The third-order valence-corrected chi connectivity index (χ3v) is 5.21. The summed E-state index contributed by atoms with van der Waals surface area (Å²) in [5, 5.41) is 0. The van der Waals surface area contributed by atoms with Crippen molar-refractivity contribution in [2.24, 2.45) is 0 Å². The number of carbonyl (C=O) groups is 2. The van der Waals surface area contributed by atoms with Gasteiger partial charge in [0.25, 0.3) is 0 Å². The van der Waals surface area contributed by atoms with Crippen LogP contribution in [-0.4, -0.2) is 26.0 Å². The minimum absolute atomic E-state index is 0.0778. The standard InChI is InChI=1S/C21H18O4S/c1-24-17-10-8-14(9-11-17)20(23)18-12-16(13-19(22)25-2)21(26-18)15-6-4-3-5-7-15/h3-12H,13H2,1-2H3. The van der Waals surface area contributed by atoms with Crippen molar-refractivity contribution < 1.29 is 19.1 Å². The highest BCUT2D eigenvalue weighted by atomic mass is 32.1. The molecule has 1 aromatic heterocycles. The Kier molecular flexibility index (Phi) is 5.49. The number of carbonyl (C=O) groups excluding carboxylic acids is 2. The first kappa shape index (κ1) is 17.9. The van der Waals surface area contributed by atoms with Gasteiger partial charge in [0.1, 0.15) is 5.75 Å². The summed E-state index contributed by atoms with van der Waals surface area (Å²) in [5.41, 5.74) is 2.35. The number of benzene rings is 2. The van der Waals surface area contributed by atoms with E-state index in [-0.39, 0.29) is 18.2 Å². The van der Waals surface area contributed by atoms with Gasteiger partial charge in [0.05, 0.1) is 25.5 Å². The van der Waals surface area contributed by atoms with Crippen LogP contribution in [0.2, 0.25) is 0 Å². The fourth-order valence-electron chi connectivity index (χ4n) is 2.62. The number of rotatable bonds is 6. The largest absolute Gasteiger partial charge is 0.497 e.